The van der Waals surface area contributed by atoms with Crippen molar-refractivity contribution >= 4 is 5.95 Å². The average Bonchev–Trinajstić information content (AvgIpc) is 2.74. The Morgan fingerprint density at radius 1 is 1.07 bits per heavy atom. The molecule has 0 bridgehead atoms. The minimum atomic E-state index is 0.0732. The van der Waals surface area contributed by atoms with E-state index in [0.717, 1.165) is 36.6 Å². The highest BCUT2D eigenvalue weighted by Gasteiger charge is 2.30. The molecule has 0 saturated heterocycles. The van der Waals surface area contributed by atoms with Gasteiger partial charge in [-0.25, -0.2) is 9.97 Å². The first-order valence-corrected chi connectivity index (χ1v) is 9.14. The Morgan fingerprint density at radius 2 is 1.75 bits per heavy atom. The van der Waals surface area contributed by atoms with E-state index in [1.807, 2.05) is 12.4 Å². The summed E-state index contributed by atoms with van der Waals surface area (Å²) in [5.41, 5.74) is 10.3. The summed E-state index contributed by atoms with van der Waals surface area (Å²) in [6.07, 6.45) is 8.16. The minimum absolute atomic E-state index is 0.0732. The lowest BCUT2D eigenvalue weighted by Crippen LogP contribution is -2.35. The van der Waals surface area contributed by atoms with E-state index in [0.29, 0.717) is 0 Å². The van der Waals surface area contributed by atoms with Crippen LogP contribution in [0.15, 0.2) is 49.1 Å². The molecule has 0 unspecified atom stereocenters. The molecular weight excluding hydrogens is 354 g/mol. The number of nitrogen functional groups attached to an aromatic ring is 1. The van der Waals surface area contributed by atoms with Gasteiger partial charge in [-0.2, -0.15) is 0 Å². The first-order valence-electron chi connectivity index (χ1n) is 9.14. The van der Waals surface area contributed by atoms with Crippen LogP contribution < -0.4 is 15.2 Å². The molecule has 0 spiro atoms. The van der Waals surface area contributed by atoms with E-state index in [2.05, 4.69) is 44.1 Å². The molecule has 1 aromatic carbocycles. The van der Waals surface area contributed by atoms with Gasteiger partial charge in [0.15, 0.2) is 11.5 Å². The lowest BCUT2D eigenvalue weighted by atomic mass is 9.87. The second kappa shape index (κ2) is 7.82. The van der Waals surface area contributed by atoms with Crippen LogP contribution in [0.3, 0.4) is 0 Å². The summed E-state index contributed by atoms with van der Waals surface area (Å²) < 4.78 is 11.1. The third-order valence-electron chi connectivity index (χ3n) is 5.11. The zero-order valence-electron chi connectivity index (χ0n) is 16.0. The fourth-order valence-electron chi connectivity index (χ4n) is 3.79. The largest absolute Gasteiger partial charge is 0.493 e. The number of fused-ring (bicyclic) bond motifs is 1. The van der Waals surface area contributed by atoms with Gasteiger partial charge in [0.2, 0.25) is 5.95 Å². The number of hydrogen-bond acceptors (Lipinski definition) is 7. The van der Waals surface area contributed by atoms with Crippen molar-refractivity contribution < 1.29 is 9.47 Å². The van der Waals surface area contributed by atoms with Gasteiger partial charge < -0.3 is 15.2 Å². The molecule has 0 saturated carbocycles. The van der Waals surface area contributed by atoms with E-state index in [4.69, 9.17) is 15.2 Å². The molecule has 3 aromatic rings. The number of ether oxygens (including phenoxy) is 2. The first-order chi connectivity index (χ1) is 13.7. The predicted octanol–water partition coefficient (Wildman–Crippen LogP) is 2.62. The summed E-state index contributed by atoms with van der Waals surface area (Å²) in [6.45, 7) is 1.63. The lowest BCUT2D eigenvalue weighted by Gasteiger charge is -2.38. The van der Waals surface area contributed by atoms with Crippen LogP contribution >= 0.6 is 0 Å². The maximum absolute atomic E-state index is 5.63. The number of nitrogens with zero attached hydrogens (tertiary/aromatic N) is 4. The zero-order valence-corrected chi connectivity index (χ0v) is 16.0. The monoisotopic (exact) mass is 377 g/mol. The molecule has 0 radical (unpaired) electrons. The maximum atomic E-state index is 5.63. The van der Waals surface area contributed by atoms with Crippen LogP contribution in [0.2, 0.25) is 0 Å². The Bertz CT molecular complexity index is 947. The van der Waals surface area contributed by atoms with Crippen molar-refractivity contribution in [3.05, 3.63) is 71.3 Å². The summed E-state index contributed by atoms with van der Waals surface area (Å²) in [7, 11) is 3.33. The highest BCUT2D eigenvalue weighted by molar-refractivity contribution is 5.51. The van der Waals surface area contributed by atoms with E-state index in [-0.39, 0.29) is 12.0 Å². The highest BCUT2D eigenvalue weighted by atomic mass is 16.5. The Hall–Kier alpha value is -3.19. The number of aromatic nitrogens is 3. The Labute approximate surface area is 164 Å². The quantitative estimate of drug-likeness (QED) is 0.731. The van der Waals surface area contributed by atoms with Crippen LogP contribution in [-0.2, 0) is 13.0 Å². The number of hydrogen-bond donors (Lipinski definition) is 1. The molecule has 28 heavy (non-hydrogen) atoms. The second-order valence-electron chi connectivity index (χ2n) is 6.76. The average molecular weight is 377 g/mol. The number of pyridine rings is 1. The maximum Gasteiger partial charge on any atom is 0.219 e. The van der Waals surface area contributed by atoms with Gasteiger partial charge in [0.25, 0.3) is 0 Å². The van der Waals surface area contributed by atoms with Crippen LogP contribution in [0.25, 0.3) is 0 Å². The molecule has 1 aliphatic rings. The first kappa shape index (κ1) is 18.2. The topological polar surface area (TPSA) is 86.4 Å². The summed E-state index contributed by atoms with van der Waals surface area (Å²) in [5, 5.41) is 0. The van der Waals surface area contributed by atoms with Crippen LogP contribution in [0, 0.1) is 0 Å². The van der Waals surface area contributed by atoms with Crippen molar-refractivity contribution in [3.63, 3.8) is 0 Å². The minimum Gasteiger partial charge on any atom is -0.493 e. The molecule has 0 fully saturated rings. The van der Waals surface area contributed by atoms with Gasteiger partial charge in [-0.1, -0.05) is 0 Å². The van der Waals surface area contributed by atoms with Gasteiger partial charge in [0.1, 0.15) is 0 Å². The van der Waals surface area contributed by atoms with Crippen molar-refractivity contribution in [1.82, 2.24) is 19.9 Å². The third kappa shape index (κ3) is 3.48. The van der Waals surface area contributed by atoms with Gasteiger partial charge >= 0.3 is 0 Å². The number of anilines is 1. The van der Waals surface area contributed by atoms with Crippen molar-refractivity contribution in [2.75, 3.05) is 26.5 Å². The highest BCUT2D eigenvalue weighted by Crippen LogP contribution is 2.41. The standard InChI is InChI=1S/C21H23N5O2/c1-27-18-9-16-5-8-26(13-14-11-24-21(22)25-12-14)20(15-3-6-23-7-4-15)17(16)10-19(18)28-2/h3-4,6-7,9-12,20H,5,8,13H2,1-2H3,(H2,22,24,25)/t20-/m0/s1. The summed E-state index contributed by atoms with van der Waals surface area (Å²) in [5.74, 6) is 1.78. The fraction of sp³-hybridized carbons (Fsp3) is 0.286. The van der Waals surface area contributed by atoms with Crippen molar-refractivity contribution in [1.29, 1.82) is 0 Å². The summed E-state index contributed by atoms with van der Waals surface area (Å²) in [6, 6.07) is 8.37. The van der Waals surface area contributed by atoms with E-state index in [1.54, 1.807) is 26.6 Å². The van der Waals surface area contributed by atoms with E-state index < -0.39 is 0 Å². The number of nitrogens with two attached hydrogens (primary N) is 1. The van der Waals surface area contributed by atoms with Crippen LogP contribution in [0.4, 0.5) is 5.95 Å². The van der Waals surface area contributed by atoms with Crippen LogP contribution in [0.1, 0.15) is 28.3 Å². The molecule has 1 atom stereocenters. The zero-order chi connectivity index (χ0) is 19.5. The molecule has 0 amide bonds. The van der Waals surface area contributed by atoms with Gasteiger partial charge in [-0.05, 0) is 47.4 Å². The Morgan fingerprint density at radius 3 is 2.43 bits per heavy atom. The van der Waals surface area contributed by atoms with Crippen LogP contribution in [-0.4, -0.2) is 40.6 Å². The van der Waals surface area contributed by atoms with E-state index in [1.165, 1.54) is 16.7 Å². The van der Waals surface area contributed by atoms with Gasteiger partial charge in [-0.15, -0.1) is 0 Å². The second-order valence-corrected chi connectivity index (χ2v) is 6.76. The molecule has 2 aromatic heterocycles. The van der Waals surface area contributed by atoms with Gasteiger partial charge in [0.05, 0.1) is 20.3 Å². The number of rotatable bonds is 5. The van der Waals surface area contributed by atoms with Crippen molar-refractivity contribution in [3.8, 4) is 11.5 Å². The SMILES string of the molecule is COc1cc2c(cc1OC)[C@H](c1ccncc1)N(Cc1cnc(N)nc1)CC2. The van der Waals surface area contributed by atoms with Gasteiger partial charge in [0, 0.05) is 43.4 Å². The molecule has 3 heterocycles. The number of methoxy groups -OCH3 is 2. The molecule has 0 aliphatic carbocycles. The van der Waals surface area contributed by atoms with E-state index >= 15 is 0 Å². The molecule has 4 rings (SSSR count). The lowest BCUT2D eigenvalue weighted by molar-refractivity contribution is 0.203. The third-order valence-corrected chi connectivity index (χ3v) is 5.11. The predicted molar refractivity (Wildman–Crippen MR) is 106 cm³/mol. The number of benzene rings is 1. The molecule has 7 heteroatoms. The molecule has 7 nitrogen and oxygen atoms in total. The molecule has 2 N–H and O–H groups in total. The van der Waals surface area contributed by atoms with Crippen molar-refractivity contribution in [2.24, 2.45) is 0 Å². The fourth-order valence-corrected chi connectivity index (χ4v) is 3.79. The smallest absolute Gasteiger partial charge is 0.219 e. The molecule has 1 aliphatic heterocycles. The molecular formula is C21H23N5O2. The normalized spacial score (nSPS) is 16.4. The van der Waals surface area contributed by atoms with E-state index in [9.17, 15) is 0 Å². The summed E-state index contributed by atoms with van der Waals surface area (Å²) >= 11 is 0. The summed E-state index contributed by atoms with van der Waals surface area (Å²) in [4.78, 5) is 14.9. The van der Waals surface area contributed by atoms with Crippen molar-refractivity contribution in [2.45, 2.75) is 19.0 Å². The van der Waals surface area contributed by atoms with Gasteiger partial charge in [-0.3, -0.25) is 9.88 Å². The Kier molecular flexibility index (Phi) is 5.08. The molecule has 144 valence electrons. The Balaban J connectivity index is 1.77. The van der Waals surface area contributed by atoms with Crippen LogP contribution in [0.5, 0.6) is 11.5 Å².